The van der Waals surface area contributed by atoms with Crippen molar-refractivity contribution in [1.82, 2.24) is 29.6 Å². The van der Waals surface area contributed by atoms with Gasteiger partial charge in [-0.2, -0.15) is 4.41 Å². The van der Waals surface area contributed by atoms with Gasteiger partial charge in [0.25, 0.3) is 0 Å². The van der Waals surface area contributed by atoms with Crippen molar-refractivity contribution in [3.8, 4) is 0 Å². The van der Waals surface area contributed by atoms with Gasteiger partial charge in [0, 0.05) is 56.6 Å². The number of aromatic nitrogens is 2. The molecule has 2 aliphatic rings. The maximum atomic E-state index is 10.8. The predicted molar refractivity (Wildman–Crippen MR) is 97.8 cm³/mol. The number of nitrogens with one attached hydrogen (secondary N) is 1. The van der Waals surface area contributed by atoms with Crippen LogP contribution in [-0.2, 0) is 4.79 Å². The van der Waals surface area contributed by atoms with Crippen LogP contribution in [0.15, 0.2) is 41.8 Å². The van der Waals surface area contributed by atoms with E-state index in [2.05, 4.69) is 44.3 Å². The summed E-state index contributed by atoms with van der Waals surface area (Å²) < 4.78 is 1.47. The van der Waals surface area contributed by atoms with Crippen LogP contribution in [0.4, 0.5) is 0 Å². The summed E-state index contributed by atoms with van der Waals surface area (Å²) in [6.45, 7) is 6.11. The van der Waals surface area contributed by atoms with Crippen LogP contribution in [0.3, 0.4) is 0 Å². The first-order valence-corrected chi connectivity index (χ1v) is 9.10. The van der Waals surface area contributed by atoms with E-state index in [1.807, 2.05) is 12.3 Å². The molecule has 8 heteroatoms. The minimum atomic E-state index is 0.336. The highest BCUT2D eigenvalue weighted by atomic mass is 32.2. The highest BCUT2D eigenvalue weighted by molar-refractivity contribution is 8.01. The molecule has 0 saturated carbocycles. The summed E-state index contributed by atoms with van der Waals surface area (Å²) in [5.74, 6) is 0. The number of amides is 1. The zero-order chi connectivity index (χ0) is 17.2. The molecule has 4 rings (SSSR count). The van der Waals surface area contributed by atoms with Crippen LogP contribution in [0.5, 0.6) is 0 Å². The minimum absolute atomic E-state index is 0.336. The van der Waals surface area contributed by atoms with Crippen LogP contribution in [0.1, 0.15) is 18.5 Å². The third-order valence-electron chi connectivity index (χ3n) is 4.75. The van der Waals surface area contributed by atoms with Gasteiger partial charge in [0.05, 0.1) is 17.2 Å². The molecule has 2 aromatic rings. The molecule has 1 saturated heterocycles. The maximum Gasteiger partial charge on any atom is 0.238 e. The van der Waals surface area contributed by atoms with Gasteiger partial charge in [-0.15, -0.1) is 0 Å². The molecule has 1 atom stereocenters. The fourth-order valence-corrected chi connectivity index (χ4v) is 4.01. The standard InChI is InChI=1S/C17H20N6OS/c1-13(14-2-3-15-16(10-14)19-5-4-18-15)21-6-8-22(9-7-21)17-11-20-23(12-24)25-17/h2-5,10-13,20H,6-9H2,1H3. The lowest BCUT2D eigenvalue weighted by atomic mass is 10.1. The van der Waals surface area contributed by atoms with Crippen molar-refractivity contribution < 1.29 is 4.79 Å². The Hall–Kier alpha value is -2.32. The summed E-state index contributed by atoms with van der Waals surface area (Å²) in [4.78, 5) is 24.3. The van der Waals surface area contributed by atoms with E-state index in [9.17, 15) is 4.79 Å². The Morgan fingerprint density at radius 2 is 1.92 bits per heavy atom. The lowest BCUT2D eigenvalue weighted by molar-refractivity contribution is -0.114. The molecule has 1 aromatic carbocycles. The van der Waals surface area contributed by atoms with Crippen molar-refractivity contribution in [3.63, 3.8) is 0 Å². The molecule has 25 heavy (non-hydrogen) atoms. The zero-order valence-corrected chi connectivity index (χ0v) is 14.8. The summed E-state index contributed by atoms with van der Waals surface area (Å²) in [5.41, 5.74) is 6.07. The summed E-state index contributed by atoms with van der Waals surface area (Å²) in [6.07, 6.45) is 6.13. The maximum absolute atomic E-state index is 10.8. The number of fused-ring (bicyclic) bond motifs is 1. The fraction of sp³-hybridized carbons (Fsp3) is 0.353. The Morgan fingerprint density at radius 3 is 2.64 bits per heavy atom. The van der Waals surface area contributed by atoms with Crippen molar-refractivity contribution in [1.29, 1.82) is 0 Å². The van der Waals surface area contributed by atoms with E-state index in [-0.39, 0.29) is 0 Å². The minimum Gasteiger partial charge on any atom is -0.361 e. The molecule has 3 heterocycles. The Bertz CT molecular complexity index is 805. The molecule has 0 spiro atoms. The van der Waals surface area contributed by atoms with E-state index in [1.54, 1.807) is 12.4 Å². The summed E-state index contributed by atoms with van der Waals surface area (Å²) >= 11 is 1.43. The van der Waals surface area contributed by atoms with E-state index in [0.29, 0.717) is 6.04 Å². The van der Waals surface area contributed by atoms with Crippen LogP contribution < -0.4 is 5.43 Å². The molecular weight excluding hydrogens is 336 g/mol. The second-order valence-corrected chi connectivity index (χ2v) is 7.13. The van der Waals surface area contributed by atoms with E-state index in [1.165, 1.54) is 21.9 Å². The second kappa shape index (κ2) is 6.89. The highest BCUT2D eigenvalue weighted by Crippen LogP contribution is 2.29. The van der Waals surface area contributed by atoms with Crippen molar-refractivity contribution >= 4 is 29.4 Å². The molecule has 1 unspecified atom stereocenters. The van der Waals surface area contributed by atoms with Gasteiger partial charge in [0.15, 0.2) is 0 Å². The molecule has 2 aliphatic heterocycles. The van der Waals surface area contributed by atoms with Crippen LogP contribution in [0, 0.1) is 0 Å². The van der Waals surface area contributed by atoms with Gasteiger partial charge in [0.1, 0.15) is 5.03 Å². The van der Waals surface area contributed by atoms with Crippen molar-refractivity contribution in [2.45, 2.75) is 13.0 Å². The van der Waals surface area contributed by atoms with Gasteiger partial charge < -0.3 is 4.90 Å². The quantitative estimate of drug-likeness (QED) is 0.661. The summed E-state index contributed by atoms with van der Waals surface area (Å²) in [7, 11) is 0. The van der Waals surface area contributed by atoms with Crippen LogP contribution in [0.25, 0.3) is 11.0 Å². The van der Waals surface area contributed by atoms with Crippen LogP contribution in [-0.4, -0.2) is 56.8 Å². The summed E-state index contributed by atoms with van der Waals surface area (Å²) in [6, 6.07) is 6.67. The lowest BCUT2D eigenvalue weighted by Crippen LogP contribution is -2.46. The Labute approximate surface area is 150 Å². The first-order chi connectivity index (χ1) is 12.2. The SMILES string of the molecule is CC(c1ccc2nccnc2c1)N1CCN(C2=CNN(C=O)S2)CC1. The molecular formula is C17H20N6OS. The zero-order valence-electron chi connectivity index (χ0n) is 14.0. The van der Waals surface area contributed by atoms with E-state index < -0.39 is 0 Å². The predicted octanol–water partition coefficient (Wildman–Crippen LogP) is 1.73. The molecule has 7 nitrogen and oxygen atoms in total. The molecule has 1 amide bonds. The molecule has 1 N–H and O–H groups in total. The Morgan fingerprint density at radius 1 is 1.16 bits per heavy atom. The Kier molecular flexibility index (Phi) is 4.46. The number of hydrogen-bond acceptors (Lipinski definition) is 7. The number of rotatable bonds is 4. The topological polar surface area (TPSA) is 64.6 Å². The van der Waals surface area contributed by atoms with Crippen LogP contribution in [0.2, 0.25) is 0 Å². The number of benzene rings is 1. The normalized spacial score (nSPS) is 19.6. The van der Waals surface area contributed by atoms with Gasteiger partial charge in [-0.25, -0.2) is 0 Å². The third-order valence-corrected chi connectivity index (χ3v) is 5.70. The first-order valence-electron chi connectivity index (χ1n) is 8.33. The molecule has 0 bridgehead atoms. The van der Waals surface area contributed by atoms with E-state index >= 15 is 0 Å². The number of nitrogens with zero attached hydrogens (tertiary/aromatic N) is 5. The van der Waals surface area contributed by atoms with Gasteiger partial charge in [-0.1, -0.05) is 6.07 Å². The summed E-state index contributed by atoms with van der Waals surface area (Å²) in [5, 5.41) is 1.10. The van der Waals surface area contributed by atoms with E-state index in [0.717, 1.165) is 48.7 Å². The average Bonchev–Trinajstić information content (AvgIpc) is 3.16. The van der Waals surface area contributed by atoms with Crippen molar-refractivity contribution in [2.24, 2.45) is 0 Å². The van der Waals surface area contributed by atoms with Gasteiger partial charge >= 0.3 is 0 Å². The largest absolute Gasteiger partial charge is 0.361 e. The second-order valence-electron chi connectivity index (χ2n) is 6.14. The van der Waals surface area contributed by atoms with Gasteiger partial charge in [-0.3, -0.25) is 25.1 Å². The Balaban J connectivity index is 1.40. The molecule has 130 valence electrons. The highest BCUT2D eigenvalue weighted by Gasteiger charge is 2.26. The first kappa shape index (κ1) is 16.2. The van der Waals surface area contributed by atoms with E-state index in [4.69, 9.17) is 0 Å². The van der Waals surface area contributed by atoms with Crippen molar-refractivity contribution in [3.05, 3.63) is 47.4 Å². The molecule has 1 fully saturated rings. The number of piperazine rings is 1. The third kappa shape index (κ3) is 3.27. The van der Waals surface area contributed by atoms with Gasteiger partial charge in [-0.05, 0) is 24.6 Å². The monoisotopic (exact) mass is 356 g/mol. The number of hydrogen-bond donors (Lipinski definition) is 1. The van der Waals surface area contributed by atoms with Crippen LogP contribution >= 0.6 is 11.9 Å². The number of carbonyl (C=O) groups excluding carboxylic acids is 1. The molecule has 1 aromatic heterocycles. The number of hydrazine groups is 1. The smallest absolute Gasteiger partial charge is 0.238 e. The fourth-order valence-electron chi connectivity index (χ4n) is 3.25. The lowest BCUT2D eigenvalue weighted by Gasteiger charge is -2.39. The molecule has 0 radical (unpaired) electrons. The molecule has 0 aliphatic carbocycles. The van der Waals surface area contributed by atoms with Crippen molar-refractivity contribution in [2.75, 3.05) is 26.2 Å². The number of carbonyl (C=O) groups is 1. The average molecular weight is 356 g/mol. The van der Waals surface area contributed by atoms with Gasteiger partial charge in [0.2, 0.25) is 6.41 Å².